The number of nitrogens with one attached hydrogen (secondary N) is 1. The second-order valence-electron chi connectivity index (χ2n) is 8.87. The van der Waals surface area contributed by atoms with Gasteiger partial charge in [-0.3, -0.25) is 9.59 Å². The van der Waals surface area contributed by atoms with Crippen LogP contribution in [0.1, 0.15) is 32.0 Å². The summed E-state index contributed by atoms with van der Waals surface area (Å²) in [7, 11) is -2.09. The number of rotatable bonds is 6. The van der Waals surface area contributed by atoms with Crippen LogP contribution >= 0.6 is 0 Å². The van der Waals surface area contributed by atoms with Crippen LogP contribution in [-0.4, -0.2) is 49.5 Å². The van der Waals surface area contributed by atoms with Gasteiger partial charge in [-0.2, -0.15) is 0 Å². The Morgan fingerprint density at radius 3 is 2.32 bits per heavy atom. The normalized spacial score (nSPS) is 14.9. The maximum atomic E-state index is 12.5. The summed E-state index contributed by atoms with van der Waals surface area (Å²) in [5.41, 5.74) is 1.57. The molecule has 1 aliphatic heterocycles. The quantitative estimate of drug-likeness (QED) is 0.725. The predicted octanol–water partition coefficient (Wildman–Crippen LogP) is 1.56. The molecule has 168 valence electrons. The number of benzene rings is 1. The summed E-state index contributed by atoms with van der Waals surface area (Å²) in [5, 5.41) is 0. The molecule has 0 unspecified atom stereocenters. The summed E-state index contributed by atoms with van der Waals surface area (Å²) in [6.07, 6.45) is -0.225. The van der Waals surface area contributed by atoms with E-state index in [-0.39, 0.29) is 34.4 Å². The van der Waals surface area contributed by atoms with Gasteiger partial charge in [-0.1, -0.05) is 32.9 Å². The Morgan fingerprint density at radius 1 is 1.16 bits per heavy atom. The monoisotopic (exact) mass is 447 g/mol. The average molecular weight is 448 g/mol. The molecule has 1 amide bonds. The number of aromatic nitrogens is 1. The summed E-state index contributed by atoms with van der Waals surface area (Å²) in [6.45, 7) is 8.33. The van der Waals surface area contributed by atoms with Crippen molar-refractivity contribution in [3.8, 4) is 5.75 Å². The maximum absolute atomic E-state index is 12.5. The minimum atomic E-state index is -3.78. The Bertz CT molecular complexity index is 1130. The number of carbonyl (C=O) groups excluding carboxylic acids is 1. The lowest BCUT2D eigenvalue weighted by atomic mass is 9.87. The van der Waals surface area contributed by atoms with Crippen molar-refractivity contribution < 1.29 is 17.9 Å². The minimum Gasteiger partial charge on any atom is -0.486 e. The van der Waals surface area contributed by atoms with E-state index in [2.05, 4.69) is 25.5 Å². The number of carbonyl (C=O) groups is 1. The third kappa shape index (κ3) is 5.34. The lowest BCUT2D eigenvalue weighted by Crippen LogP contribution is -2.58. The highest BCUT2D eigenvalue weighted by Crippen LogP contribution is 2.23. The second-order valence-corrected chi connectivity index (χ2v) is 10.6. The van der Waals surface area contributed by atoms with E-state index in [1.54, 1.807) is 37.4 Å². The van der Waals surface area contributed by atoms with E-state index in [0.29, 0.717) is 18.8 Å². The minimum absolute atomic E-state index is 0.0762. The molecule has 1 saturated heterocycles. The fourth-order valence-electron chi connectivity index (χ4n) is 3.20. The highest BCUT2D eigenvalue weighted by molar-refractivity contribution is 7.89. The first-order valence-corrected chi connectivity index (χ1v) is 11.6. The van der Waals surface area contributed by atoms with Gasteiger partial charge in [0.25, 0.3) is 5.56 Å². The Kier molecular flexibility index (Phi) is 6.29. The molecule has 0 radical (unpaired) electrons. The highest BCUT2D eigenvalue weighted by atomic mass is 32.2. The number of hydrogen-bond donors (Lipinski definition) is 1. The van der Waals surface area contributed by atoms with Crippen molar-refractivity contribution in [3.63, 3.8) is 0 Å². The number of nitrogens with zero attached hydrogens (tertiary/aromatic N) is 2. The number of aryl methyl sites for hydroxylation is 1. The number of pyridine rings is 1. The number of sulfonamides is 1. The van der Waals surface area contributed by atoms with Gasteiger partial charge in [0.05, 0.1) is 24.5 Å². The molecule has 3 rings (SSSR count). The lowest BCUT2D eigenvalue weighted by molar-refractivity contribution is -0.138. The first-order valence-electron chi connectivity index (χ1n) is 10.1. The lowest BCUT2D eigenvalue weighted by Gasteiger charge is -2.39. The molecule has 0 spiro atoms. The van der Waals surface area contributed by atoms with Crippen LogP contribution in [0.15, 0.2) is 46.1 Å². The fraction of sp³-hybridized carbons (Fsp3) is 0.455. The van der Waals surface area contributed by atoms with Gasteiger partial charge in [-0.05, 0) is 36.1 Å². The van der Waals surface area contributed by atoms with Crippen molar-refractivity contribution in [2.24, 2.45) is 7.05 Å². The molecule has 8 nitrogen and oxygen atoms in total. The van der Waals surface area contributed by atoms with E-state index in [0.717, 1.165) is 11.3 Å². The molecule has 1 aromatic heterocycles. The zero-order chi connectivity index (χ0) is 23.0. The average Bonchev–Trinajstić information content (AvgIpc) is 2.66. The Balaban J connectivity index is 1.51. The Morgan fingerprint density at radius 2 is 1.77 bits per heavy atom. The van der Waals surface area contributed by atoms with Crippen molar-refractivity contribution in [2.75, 3.05) is 19.6 Å². The molecule has 0 saturated carbocycles. The van der Waals surface area contributed by atoms with Crippen molar-refractivity contribution >= 4 is 15.9 Å². The molecular formula is C22H29N3O5S. The fourth-order valence-corrected chi connectivity index (χ4v) is 4.17. The van der Waals surface area contributed by atoms with Gasteiger partial charge in [0, 0.05) is 18.8 Å². The molecule has 2 heterocycles. The first-order chi connectivity index (χ1) is 14.4. The molecule has 2 aromatic rings. The third-order valence-electron chi connectivity index (χ3n) is 5.42. The highest BCUT2D eigenvalue weighted by Gasteiger charge is 2.33. The van der Waals surface area contributed by atoms with Gasteiger partial charge < -0.3 is 14.2 Å². The number of amides is 1. The summed E-state index contributed by atoms with van der Waals surface area (Å²) in [5.74, 6) is 0.145. The van der Waals surface area contributed by atoms with Crippen LogP contribution in [0, 0.1) is 6.92 Å². The van der Waals surface area contributed by atoms with E-state index in [1.165, 1.54) is 15.5 Å². The standard InChI is InChI=1S/C22H29N3O5S/c1-15-10-17(11-20(26)24(15)5)30-18-13-25(14-18)21(27)12-23-31(28,29)19-8-6-16(7-9-19)22(2,3)4/h6-11,18,23H,12-14H2,1-5H3. The van der Waals surface area contributed by atoms with Crippen LogP contribution in [0.4, 0.5) is 0 Å². The Labute approximate surface area is 182 Å². The topological polar surface area (TPSA) is 97.7 Å². The van der Waals surface area contributed by atoms with Crippen LogP contribution in [0.5, 0.6) is 5.75 Å². The molecule has 1 N–H and O–H groups in total. The van der Waals surface area contributed by atoms with Gasteiger partial charge >= 0.3 is 0 Å². The third-order valence-corrected chi connectivity index (χ3v) is 6.84. The van der Waals surface area contributed by atoms with E-state index in [4.69, 9.17) is 4.74 Å². The van der Waals surface area contributed by atoms with Crippen LogP contribution in [0.25, 0.3) is 0 Å². The van der Waals surface area contributed by atoms with Gasteiger partial charge in [0.15, 0.2) is 0 Å². The summed E-state index contributed by atoms with van der Waals surface area (Å²) in [4.78, 5) is 25.8. The van der Waals surface area contributed by atoms with Crippen molar-refractivity contribution in [2.45, 2.75) is 44.1 Å². The van der Waals surface area contributed by atoms with Crippen molar-refractivity contribution in [1.29, 1.82) is 0 Å². The largest absolute Gasteiger partial charge is 0.486 e. The Hall–Kier alpha value is -2.65. The van der Waals surface area contributed by atoms with Gasteiger partial charge in [-0.15, -0.1) is 0 Å². The number of hydrogen-bond acceptors (Lipinski definition) is 5. The molecule has 31 heavy (non-hydrogen) atoms. The molecular weight excluding hydrogens is 418 g/mol. The second kappa shape index (κ2) is 8.47. The molecule has 0 bridgehead atoms. The molecule has 0 aliphatic carbocycles. The van der Waals surface area contributed by atoms with Crippen LogP contribution < -0.4 is 15.0 Å². The van der Waals surface area contributed by atoms with E-state index >= 15 is 0 Å². The van der Waals surface area contributed by atoms with Gasteiger partial charge in [0.2, 0.25) is 15.9 Å². The zero-order valence-corrected chi connectivity index (χ0v) is 19.3. The zero-order valence-electron chi connectivity index (χ0n) is 18.5. The van der Waals surface area contributed by atoms with Crippen molar-refractivity contribution in [3.05, 3.63) is 58.0 Å². The summed E-state index contributed by atoms with van der Waals surface area (Å²) >= 11 is 0. The SMILES string of the molecule is Cc1cc(OC2CN(C(=O)CNS(=O)(=O)c3ccc(C(C)(C)C)cc3)C2)cc(=O)n1C. The van der Waals surface area contributed by atoms with Crippen LogP contribution in [-0.2, 0) is 27.3 Å². The van der Waals surface area contributed by atoms with Crippen molar-refractivity contribution in [1.82, 2.24) is 14.2 Å². The summed E-state index contributed by atoms with van der Waals surface area (Å²) < 4.78 is 34.6. The smallest absolute Gasteiger partial charge is 0.254 e. The maximum Gasteiger partial charge on any atom is 0.254 e. The van der Waals surface area contributed by atoms with E-state index in [9.17, 15) is 18.0 Å². The molecule has 0 atom stereocenters. The molecule has 1 aromatic carbocycles. The van der Waals surface area contributed by atoms with Gasteiger partial charge in [0.1, 0.15) is 11.9 Å². The van der Waals surface area contributed by atoms with E-state index in [1.807, 2.05) is 6.92 Å². The first kappa shape index (κ1) is 23.0. The van der Waals surface area contributed by atoms with E-state index < -0.39 is 10.0 Å². The summed E-state index contributed by atoms with van der Waals surface area (Å²) in [6, 6.07) is 9.85. The molecule has 9 heteroatoms. The molecule has 1 fully saturated rings. The van der Waals surface area contributed by atoms with Crippen LogP contribution in [0.3, 0.4) is 0 Å². The van der Waals surface area contributed by atoms with Gasteiger partial charge in [-0.25, -0.2) is 13.1 Å². The van der Waals surface area contributed by atoms with Crippen LogP contribution in [0.2, 0.25) is 0 Å². The number of likely N-dealkylation sites (tertiary alicyclic amines) is 1. The predicted molar refractivity (Wildman–Crippen MR) is 118 cm³/mol. The number of ether oxygens (including phenoxy) is 1. The molecule has 1 aliphatic rings.